The second-order valence-corrected chi connectivity index (χ2v) is 5.25. The van der Waals surface area contributed by atoms with Crippen molar-refractivity contribution in [1.29, 1.82) is 0 Å². The van der Waals surface area contributed by atoms with Gasteiger partial charge >= 0.3 is 0 Å². The maximum absolute atomic E-state index is 12.2. The van der Waals surface area contributed by atoms with Gasteiger partial charge in [0.2, 0.25) is 0 Å². The van der Waals surface area contributed by atoms with E-state index >= 15 is 0 Å². The van der Waals surface area contributed by atoms with Crippen molar-refractivity contribution in [3.63, 3.8) is 0 Å². The molecule has 0 bridgehead atoms. The molecule has 1 saturated carbocycles. The largest absolute Gasteiger partial charge is 0.479 e. The molecule has 1 amide bonds. The van der Waals surface area contributed by atoms with E-state index in [1.54, 1.807) is 25.1 Å². The first kappa shape index (κ1) is 12.2. The van der Waals surface area contributed by atoms with Gasteiger partial charge in [-0.1, -0.05) is 0 Å². The number of hydrogen-bond acceptors (Lipinski definition) is 4. The van der Waals surface area contributed by atoms with Crippen LogP contribution in [-0.2, 0) is 4.79 Å². The third kappa shape index (κ3) is 2.10. The molecular formula is C14H16N2O3. The zero-order valence-electron chi connectivity index (χ0n) is 10.7. The van der Waals surface area contributed by atoms with Crippen LogP contribution in [0.1, 0.15) is 30.1 Å². The minimum Gasteiger partial charge on any atom is -0.479 e. The first-order valence-electron chi connectivity index (χ1n) is 6.46. The molecule has 1 aromatic rings. The second kappa shape index (κ2) is 4.35. The first-order chi connectivity index (χ1) is 9.04. The minimum atomic E-state index is -0.501. The van der Waals surface area contributed by atoms with Gasteiger partial charge in [-0.15, -0.1) is 0 Å². The Morgan fingerprint density at radius 3 is 2.84 bits per heavy atom. The highest BCUT2D eigenvalue weighted by atomic mass is 16.5. The van der Waals surface area contributed by atoms with Crippen molar-refractivity contribution >= 4 is 17.4 Å². The summed E-state index contributed by atoms with van der Waals surface area (Å²) in [6.07, 6.45) is 0.990. The molecule has 19 heavy (non-hydrogen) atoms. The van der Waals surface area contributed by atoms with Crippen LogP contribution in [0.3, 0.4) is 0 Å². The Bertz CT molecular complexity index is 550. The number of benzene rings is 1. The summed E-state index contributed by atoms with van der Waals surface area (Å²) in [6.45, 7) is 1.69. The maximum atomic E-state index is 12.2. The van der Waals surface area contributed by atoms with Gasteiger partial charge in [0.05, 0.1) is 5.69 Å². The SMILES string of the molecule is CC1Oc2ccc(C(=O)C3CC(N)C3)cc2NC1=O. The van der Waals surface area contributed by atoms with Gasteiger partial charge in [-0.05, 0) is 38.0 Å². The van der Waals surface area contributed by atoms with E-state index in [9.17, 15) is 9.59 Å². The lowest BCUT2D eigenvalue weighted by Gasteiger charge is -2.31. The minimum absolute atomic E-state index is 0.0205. The number of nitrogens with two attached hydrogens (primary N) is 1. The fourth-order valence-electron chi connectivity index (χ4n) is 2.47. The average Bonchev–Trinajstić information content (AvgIpc) is 2.35. The monoisotopic (exact) mass is 260 g/mol. The summed E-state index contributed by atoms with van der Waals surface area (Å²) < 4.78 is 5.45. The highest BCUT2D eigenvalue weighted by molar-refractivity contribution is 6.02. The van der Waals surface area contributed by atoms with Gasteiger partial charge in [-0.25, -0.2) is 0 Å². The number of hydrogen-bond donors (Lipinski definition) is 2. The molecule has 1 aromatic carbocycles. The fourth-order valence-corrected chi connectivity index (χ4v) is 2.47. The molecule has 1 aliphatic carbocycles. The number of ether oxygens (including phenoxy) is 1. The van der Waals surface area contributed by atoms with E-state index in [-0.39, 0.29) is 23.7 Å². The van der Waals surface area contributed by atoms with Gasteiger partial charge < -0.3 is 15.8 Å². The van der Waals surface area contributed by atoms with Crippen LogP contribution in [0.4, 0.5) is 5.69 Å². The normalized spacial score (nSPS) is 28.7. The van der Waals surface area contributed by atoms with Crippen LogP contribution < -0.4 is 15.8 Å². The Kier molecular flexibility index (Phi) is 2.78. The van der Waals surface area contributed by atoms with E-state index in [1.807, 2.05) is 0 Å². The standard InChI is InChI=1S/C14H16N2O3/c1-7-14(18)16-11-6-8(2-3-12(11)19-7)13(17)9-4-10(15)5-9/h2-3,6-7,9-10H,4-5,15H2,1H3,(H,16,18). The molecule has 0 spiro atoms. The predicted molar refractivity (Wildman–Crippen MR) is 70.2 cm³/mol. The third-order valence-electron chi connectivity index (χ3n) is 3.74. The summed E-state index contributed by atoms with van der Waals surface area (Å²) >= 11 is 0. The Morgan fingerprint density at radius 1 is 1.42 bits per heavy atom. The number of carbonyl (C=O) groups excluding carboxylic acids is 2. The third-order valence-corrected chi connectivity index (χ3v) is 3.74. The van der Waals surface area contributed by atoms with Gasteiger partial charge in [-0.3, -0.25) is 9.59 Å². The van der Waals surface area contributed by atoms with Crippen LogP contribution in [0, 0.1) is 5.92 Å². The van der Waals surface area contributed by atoms with Crippen molar-refractivity contribution in [2.45, 2.75) is 31.9 Å². The Balaban J connectivity index is 1.83. The molecule has 3 N–H and O–H groups in total. The lowest BCUT2D eigenvalue weighted by atomic mass is 9.76. The summed E-state index contributed by atoms with van der Waals surface area (Å²) in [4.78, 5) is 23.7. The maximum Gasteiger partial charge on any atom is 0.265 e. The van der Waals surface area contributed by atoms with Crippen LogP contribution in [0.2, 0.25) is 0 Å². The summed E-state index contributed by atoms with van der Waals surface area (Å²) in [7, 11) is 0. The van der Waals surface area contributed by atoms with E-state index in [0.717, 1.165) is 12.8 Å². The molecule has 1 heterocycles. The molecule has 0 saturated heterocycles. The van der Waals surface area contributed by atoms with Gasteiger partial charge in [0.1, 0.15) is 5.75 Å². The lowest BCUT2D eigenvalue weighted by Crippen LogP contribution is -2.40. The molecular weight excluding hydrogens is 244 g/mol. The molecule has 100 valence electrons. The summed E-state index contributed by atoms with van der Waals surface area (Å²) in [5.41, 5.74) is 6.87. The van der Waals surface area contributed by atoms with Gasteiger partial charge in [0.25, 0.3) is 5.91 Å². The van der Waals surface area contributed by atoms with Gasteiger partial charge in [0, 0.05) is 17.5 Å². The van der Waals surface area contributed by atoms with Gasteiger partial charge in [-0.2, -0.15) is 0 Å². The molecule has 0 aromatic heterocycles. The molecule has 5 heteroatoms. The fraction of sp³-hybridized carbons (Fsp3) is 0.429. The summed E-state index contributed by atoms with van der Waals surface area (Å²) in [5.74, 6) is 0.529. The van der Waals surface area contributed by atoms with Crippen LogP contribution in [-0.4, -0.2) is 23.8 Å². The van der Waals surface area contributed by atoms with Crippen molar-refractivity contribution < 1.29 is 14.3 Å². The quantitative estimate of drug-likeness (QED) is 0.786. The van der Waals surface area contributed by atoms with Crippen LogP contribution >= 0.6 is 0 Å². The molecule has 0 radical (unpaired) electrons. The molecule has 2 aliphatic rings. The number of ketones is 1. The smallest absolute Gasteiger partial charge is 0.265 e. The molecule has 1 atom stereocenters. The van der Waals surface area contributed by atoms with E-state index in [0.29, 0.717) is 17.0 Å². The number of anilines is 1. The number of amides is 1. The molecule has 1 aliphatic heterocycles. The summed E-state index contributed by atoms with van der Waals surface area (Å²) in [6, 6.07) is 5.31. The van der Waals surface area contributed by atoms with E-state index in [2.05, 4.69) is 5.32 Å². The topological polar surface area (TPSA) is 81.4 Å². The van der Waals surface area contributed by atoms with E-state index in [1.165, 1.54) is 0 Å². The summed E-state index contributed by atoms with van der Waals surface area (Å²) in [5, 5.41) is 2.75. The van der Waals surface area contributed by atoms with Crippen molar-refractivity contribution in [2.75, 3.05) is 5.32 Å². The van der Waals surface area contributed by atoms with Crippen molar-refractivity contribution in [3.8, 4) is 5.75 Å². The number of rotatable bonds is 2. The lowest BCUT2D eigenvalue weighted by molar-refractivity contribution is -0.122. The Hall–Kier alpha value is -1.88. The first-order valence-corrected chi connectivity index (χ1v) is 6.46. The van der Waals surface area contributed by atoms with Crippen LogP contribution in [0.5, 0.6) is 5.75 Å². The Labute approximate surface area is 111 Å². The highest BCUT2D eigenvalue weighted by Gasteiger charge is 2.33. The van der Waals surface area contributed by atoms with Crippen LogP contribution in [0.15, 0.2) is 18.2 Å². The van der Waals surface area contributed by atoms with E-state index in [4.69, 9.17) is 10.5 Å². The molecule has 3 rings (SSSR count). The van der Waals surface area contributed by atoms with Gasteiger partial charge in [0.15, 0.2) is 11.9 Å². The molecule has 5 nitrogen and oxygen atoms in total. The van der Waals surface area contributed by atoms with Crippen LogP contribution in [0.25, 0.3) is 0 Å². The van der Waals surface area contributed by atoms with E-state index < -0.39 is 6.10 Å². The second-order valence-electron chi connectivity index (χ2n) is 5.25. The highest BCUT2D eigenvalue weighted by Crippen LogP contribution is 2.34. The molecule has 1 fully saturated rings. The van der Waals surface area contributed by atoms with Crippen molar-refractivity contribution in [2.24, 2.45) is 11.7 Å². The zero-order chi connectivity index (χ0) is 13.6. The Morgan fingerprint density at radius 2 is 2.16 bits per heavy atom. The number of nitrogens with one attached hydrogen (secondary N) is 1. The zero-order valence-corrected chi connectivity index (χ0v) is 10.7. The van der Waals surface area contributed by atoms with Crippen molar-refractivity contribution in [3.05, 3.63) is 23.8 Å². The average molecular weight is 260 g/mol. The number of Topliss-reactive ketones (excluding diaryl/α,β-unsaturated/α-hetero) is 1. The molecule has 1 unspecified atom stereocenters. The number of fused-ring (bicyclic) bond motifs is 1. The van der Waals surface area contributed by atoms with Crippen molar-refractivity contribution in [1.82, 2.24) is 0 Å². The predicted octanol–water partition coefficient (Wildman–Crippen LogP) is 1.33. The number of carbonyl (C=O) groups is 2.